The number of halogens is 3. The molecule has 0 saturated heterocycles. The normalized spacial score (nSPS) is 22.2. The molecule has 0 N–H and O–H groups in total. The largest absolute Gasteiger partial charge is 0.392 e. The topological polar surface area (TPSA) is 9.23 Å². The van der Waals surface area contributed by atoms with Gasteiger partial charge in [0.1, 0.15) is 0 Å². The van der Waals surface area contributed by atoms with E-state index in [1.807, 2.05) is 0 Å². The second kappa shape index (κ2) is 9.26. The lowest BCUT2D eigenvalue weighted by Gasteiger charge is -2.27. The maximum absolute atomic E-state index is 12.2. The van der Waals surface area contributed by atoms with Crippen molar-refractivity contribution in [1.29, 1.82) is 0 Å². The van der Waals surface area contributed by atoms with Crippen LogP contribution in [0.15, 0.2) is 36.4 Å². The van der Waals surface area contributed by atoms with E-state index in [2.05, 4.69) is 31.2 Å². The lowest BCUT2D eigenvalue weighted by Crippen LogP contribution is -2.12. The van der Waals surface area contributed by atoms with Gasteiger partial charge in [-0.2, -0.15) is 13.2 Å². The Morgan fingerprint density at radius 1 is 1.08 bits per heavy atom. The molecule has 1 aliphatic carbocycles. The van der Waals surface area contributed by atoms with Gasteiger partial charge in [-0.15, -0.1) is 0 Å². The maximum Gasteiger partial charge on any atom is 0.392 e. The number of ether oxygens (including phenoxy) is 1. The fourth-order valence-electron chi connectivity index (χ4n) is 3.26. The Balaban J connectivity index is 1.77. The highest BCUT2D eigenvalue weighted by Gasteiger charge is 2.25. The Bertz CT molecular complexity index is 497. The van der Waals surface area contributed by atoms with E-state index in [1.165, 1.54) is 17.2 Å². The number of alkyl halides is 3. The SMILES string of the molecule is CCCOCc1ccc([C@H]2CC[C@H](/C=C/CC(F)(F)F)CC2)cc1. The van der Waals surface area contributed by atoms with Crippen molar-refractivity contribution in [2.75, 3.05) is 6.61 Å². The Hall–Kier alpha value is -1.29. The smallest absolute Gasteiger partial charge is 0.377 e. The predicted octanol–water partition coefficient (Wildman–Crippen LogP) is 6.40. The van der Waals surface area contributed by atoms with Gasteiger partial charge in [0.05, 0.1) is 13.0 Å². The van der Waals surface area contributed by atoms with Crippen LogP contribution in [0.25, 0.3) is 0 Å². The van der Waals surface area contributed by atoms with Crippen molar-refractivity contribution in [3.05, 3.63) is 47.5 Å². The lowest BCUT2D eigenvalue weighted by atomic mass is 9.78. The van der Waals surface area contributed by atoms with Gasteiger partial charge in [0.2, 0.25) is 0 Å². The van der Waals surface area contributed by atoms with Crippen molar-refractivity contribution < 1.29 is 17.9 Å². The molecule has 1 saturated carbocycles. The second-order valence-corrected chi connectivity index (χ2v) is 6.65. The third-order valence-corrected chi connectivity index (χ3v) is 4.60. The van der Waals surface area contributed by atoms with Crippen LogP contribution in [0.2, 0.25) is 0 Å². The van der Waals surface area contributed by atoms with Crippen LogP contribution in [-0.4, -0.2) is 12.8 Å². The Kier molecular flexibility index (Phi) is 7.35. The summed E-state index contributed by atoms with van der Waals surface area (Å²) in [5.41, 5.74) is 2.53. The van der Waals surface area contributed by atoms with Gasteiger partial charge in [-0.25, -0.2) is 0 Å². The van der Waals surface area contributed by atoms with Crippen LogP contribution in [0.3, 0.4) is 0 Å². The van der Waals surface area contributed by atoms with E-state index in [-0.39, 0.29) is 0 Å². The van der Waals surface area contributed by atoms with Crippen LogP contribution in [-0.2, 0) is 11.3 Å². The molecule has 2 rings (SSSR count). The first-order valence-corrected chi connectivity index (χ1v) is 8.88. The highest BCUT2D eigenvalue weighted by Crippen LogP contribution is 2.36. The van der Waals surface area contributed by atoms with Crippen molar-refractivity contribution >= 4 is 0 Å². The van der Waals surface area contributed by atoms with E-state index >= 15 is 0 Å². The van der Waals surface area contributed by atoms with Gasteiger partial charge in [0.25, 0.3) is 0 Å². The van der Waals surface area contributed by atoms with Crippen molar-refractivity contribution in [1.82, 2.24) is 0 Å². The van der Waals surface area contributed by atoms with E-state index in [9.17, 15) is 13.2 Å². The summed E-state index contributed by atoms with van der Waals surface area (Å²) in [6.07, 6.45) is 3.22. The van der Waals surface area contributed by atoms with Gasteiger partial charge in [-0.05, 0) is 55.1 Å². The molecule has 4 heteroatoms. The molecular weight excluding hydrogens is 313 g/mol. The summed E-state index contributed by atoms with van der Waals surface area (Å²) < 4.78 is 42.0. The van der Waals surface area contributed by atoms with Gasteiger partial charge in [0.15, 0.2) is 0 Å². The van der Waals surface area contributed by atoms with Crippen LogP contribution in [0, 0.1) is 5.92 Å². The van der Waals surface area contributed by atoms with Crippen molar-refractivity contribution in [2.24, 2.45) is 5.92 Å². The Morgan fingerprint density at radius 2 is 1.75 bits per heavy atom. The first-order valence-electron chi connectivity index (χ1n) is 8.88. The standard InChI is InChI=1S/C20H27F3O/c1-2-14-24-15-17-7-11-19(12-8-17)18-9-5-16(6-10-18)4-3-13-20(21,22)23/h3-4,7-8,11-12,16,18H,2,5-6,9-10,13-15H2,1H3/b4-3+/t16-,18-. The summed E-state index contributed by atoms with van der Waals surface area (Å²) in [5, 5.41) is 0. The second-order valence-electron chi connectivity index (χ2n) is 6.65. The molecule has 0 heterocycles. The van der Waals surface area contributed by atoms with E-state index in [4.69, 9.17) is 4.74 Å². The third kappa shape index (κ3) is 6.68. The van der Waals surface area contributed by atoms with E-state index in [0.29, 0.717) is 18.4 Å². The van der Waals surface area contributed by atoms with Crippen LogP contribution < -0.4 is 0 Å². The van der Waals surface area contributed by atoms with Gasteiger partial charge >= 0.3 is 6.18 Å². The zero-order valence-corrected chi connectivity index (χ0v) is 14.3. The highest BCUT2D eigenvalue weighted by atomic mass is 19.4. The number of benzene rings is 1. The molecule has 1 aromatic carbocycles. The average molecular weight is 340 g/mol. The molecule has 1 fully saturated rings. The molecule has 0 amide bonds. The van der Waals surface area contributed by atoms with E-state index in [0.717, 1.165) is 38.7 Å². The molecule has 24 heavy (non-hydrogen) atoms. The van der Waals surface area contributed by atoms with Crippen molar-refractivity contribution in [3.8, 4) is 0 Å². The highest BCUT2D eigenvalue weighted by molar-refractivity contribution is 5.25. The van der Waals surface area contributed by atoms with E-state index < -0.39 is 12.6 Å². The summed E-state index contributed by atoms with van der Waals surface area (Å²) in [5.74, 6) is 0.827. The number of hydrogen-bond donors (Lipinski definition) is 0. The number of allylic oxidation sites excluding steroid dienone is 2. The predicted molar refractivity (Wildman–Crippen MR) is 90.9 cm³/mol. The molecule has 0 atom stereocenters. The summed E-state index contributed by atoms with van der Waals surface area (Å²) in [4.78, 5) is 0. The van der Waals surface area contributed by atoms with Gasteiger partial charge in [0, 0.05) is 6.61 Å². The van der Waals surface area contributed by atoms with Crippen LogP contribution in [0.4, 0.5) is 13.2 Å². The number of rotatable bonds is 7. The molecule has 0 aromatic heterocycles. The van der Waals surface area contributed by atoms with Gasteiger partial charge < -0.3 is 4.74 Å². The quantitative estimate of drug-likeness (QED) is 0.412. The van der Waals surface area contributed by atoms with Crippen LogP contribution in [0.1, 0.15) is 62.5 Å². The Morgan fingerprint density at radius 3 is 2.33 bits per heavy atom. The fraction of sp³-hybridized carbons (Fsp3) is 0.600. The minimum Gasteiger partial charge on any atom is -0.377 e. The maximum atomic E-state index is 12.2. The minimum atomic E-state index is -4.09. The zero-order valence-electron chi connectivity index (χ0n) is 14.3. The van der Waals surface area contributed by atoms with Crippen molar-refractivity contribution in [2.45, 2.75) is 64.1 Å². The molecule has 1 nitrogen and oxygen atoms in total. The molecule has 1 aliphatic rings. The summed E-state index contributed by atoms with van der Waals surface area (Å²) in [7, 11) is 0. The average Bonchev–Trinajstić information content (AvgIpc) is 2.55. The zero-order chi connectivity index (χ0) is 17.4. The summed E-state index contributed by atoms with van der Waals surface area (Å²) in [6, 6.07) is 8.60. The molecule has 0 unspecified atom stereocenters. The molecule has 0 aliphatic heterocycles. The van der Waals surface area contributed by atoms with E-state index in [1.54, 1.807) is 6.08 Å². The third-order valence-electron chi connectivity index (χ3n) is 4.60. The molecule has 1 aromatic rings. The molecule has 0 radical (unpaired) electrons. The molecule has 134 valence electrons. The first kappa shape index (κ1) is 19.0. The molecule has 0 spiro atoms. The van der Waals surface area contributed by atoms with Gasteiger partial charge in [-0.3, -0.25) is 0 Å². The minimum absolute atomic E-state index is 0.297. The van der Waals surface area contributed by atoms with Crippen LogP contribution in [0.5, 0.6) is 0 Å². The lowest BCUT2D eigenvalue weighted by molar-refractivity contribution is -0.125. The van der Waals surface area contributed by atoms with Gasteiger partial charge in [-0.1, -0.05) is 43.3 Å². The van der Waals surface area contributed by atoms with Crippen LogP contribution >= 0.6 is 0 Å². The number of hydrogen-bond acceptors (Lipinski definition) is 1. The molecular formula is C20H27F3O. The Labute approximate surface area is 142 Å². The van der Waals surface area contributed by atoms with Crippen molar-refractivity contribution in [3.63, 3.8) is 0 Å². The first-order chi connectivity index (χ1) is 11.5. The summed E-state index contributed by atoms with van der Waals surface area (Å²) >= 11 is 0. The monoisotopic (exact) mass is 340 g/mol. The fourth-order valence-corrected chi connectivity index (χ4v) is 3.26. The molecule has 0 bridgehead atoms. The summed E-state index contributed by atoms with van der Waals surface area (Å²) in [6.45, 7) is 3.54.